The molecule has 84 valence electrons. The first-order chi connectivity index (χ1) is 6.86. The SMILES string of the molecule is CC(C)C(N)c1c(O)c(Cl)cc(Br)c1Cl. The molecule has 0 bridgehead atoms. The van der Waals surface area contributed by atoms with Crippen molar-refractivity contribution in [3.8, 4) is 5.75 Å². The first kappa shape index (κ1) is 13.1. The van der Waals surface area contributed by atoms with E-state index in [0.717, 1.165) is 0 Å². The summed E-state index contributed by atoms with van der Waals surface area (Å²) in [6, 6.07) is 1.21. The first-order valence-electron chi connectivity index (χ1n) is 4.48. The van der Waals surface area contributed by atoms with E-state index in [1.807, 2.05) is 13.8 Å². The highest BCUT2D eigenvalue weighted by Gasteiger charge is 2.22. The number of aromatic hydroxyl groups is 1. The van der Waals surface area contributed by atoms with E-state index in [-0.39, 0.29) is 22.7 Å². The standard InChI is InChI=1S/C10H12BrCl2NO/c1-4(2)9(14)7-8(13)5(11)3-6(12)10(7)15/h3-4,9,15H,14H2,1-2H3. The summed E-state index contributed by atoms with van der Waals surface area (Å²) in [5.41, 5.74) is 6.45. The summed E-state index contributed by atoms with van der Waals surface area (Å²) in [4.78, 5) is 0. The lowest BCUT2D eigenvalue weighted by atomic mass is 9.96. The largest absolute Gasteiger partial charge is 0.506 e. The van der Waals surface area contributed by atoms with Crippen LogP contribution in [0.1, 0.15) is 25.5 Å². The Bertz CT molecular complexity index is 356. The topological polar surface area (TPSA) is 46.2 Å². The van der Waals surface area contributed by atoms with Crippen LogP contribution in [0.25, 0.3) is 0 Å². The second-order valence-corrected chi connectivity index (χ2v) is 5.33. The third kappa shape index (κ3) is 2.59. The molecule has 0 radical (unpaired) electrons. The highest BCUT2D eigenvalue weighted by molar-refractivity contribution is 9.10. The Kier molecular flexibility index (Phi) is 4.29. The molecular formula is C10H12BrCl2NO. The number of halogens is 3. The number of rotatable bonds is 2. The van der Waals surface area contributed by atoms with Crippen LogP contribution in [0.5, 0.6) is 5.75 Å². The van der Waals surface area contributed by atoms with Gasteiger partial charge in [0.15, 0.2) is 0 Å². The molecule has 1 aromatic rings. The summed E-state index contributed by atoms with van der Waals surface area (Å²) < 4.78 is 0.637. The number of hydrogen-bond acceptors (Lipinski definition) is 2. The molecule has 1 rings (SSSR count). The molecule has 2 nitrogen and oxygen atoms in total. The van der Waals surface area contributed by atoms with E-state index in [9.17, 15) is 5.11 Å². The predicted octanol–water partition coefficient (Wildman–Crippen LogP) is 4.12. The van der Waals surface area contributed by atoms with Crippen LogP contribution in [0.15, 0.2) is 10.5 Å². The number of hydrogen-bond donors (Lipinski definition) is 2. The van der Waals surface area contributed by atoms with Crippen molar-refractivity contribution in [2.24, 2.45) is 11.7 Å². The Hall–Kier alpha value is 0.0400. The molecule has 0 spiro atoms. The second kappa shape index (κ2) is 4.91. The Morgan fingerprint density at radius 2 is 1.93 bits per heavy atom. The quantitative estimate of drug-likeness (QED) is 0.807. The molecule has 3 N–H and O–H groups in total. The fourth-order valence-corrected chi connectivity index (χ4v) is 2.30. The molecule has 0 aliphatic carbocycles. The van der Waals surface area contributed by atoms with Crippen LogP contribution in [0, 0.1) is 5.92 Å². The molecular weight excluding hydrogens is 301 g/mol. The predicted molar refractivity (Wildman–Crippen MR) is 67.6 cm³/mol. The highest BCUT2D eigenvalue weighted by atomic mass is 79.9. The average Bonchev–Trinajstić information content (AvgIpc) is 2.15. The van der Waals surface area contributed by atoms with Gasteiger partial charge in [0.25, 0.3) is 0 Å². The Balaban J connectivity index is 3.39. The lowest BCUT2D eigenvalue weighted by Gasteiger charge is -2.20. The van der Waals surface area contributed by atoms with Gasteiger partial charge in [-0.05, 0) is 27.9 Å². The van der Waals surface area contributed by atoms with Crippen molar-refractivity contribution in [3.05, 3.63) is 26.1 Å². The second-order valence-electron chi connectivity index (χ2n) is 3.69. The molecule has 0 heterocycles. The summed E-state index contributed by atoms with van der Waals surface area (Å²) >= 11 is 15.2. The van der Waals surface area contributed by atoms with Crippen LogP contribution in [-0.4, -0.2) is 5.11 Å². The normalized spacial score (nSPS) is 13.3. The van der Waals surface area contributed by atoms with Gasteiger partial charge < -0.3 is 10.8 Å². The number of phenolic OH excluding ortho intramolecular Hbond substituents is 1. The Morgan fingerprint density at radius 3 is 2.40 bits per heavy atom. The van der Waals surface area contributed by atoms with Crippen molar-refractivity contribution in [2.75, 3.05) is 0 Å². The van der Waals surface area contributed by atoms with Crippen molar-refractivity contribution < 1.29 is 5.11 Å². The van der Waals surface area contributed by atoms with Gasteiger partial charge in [-0.3, -0.25) is 0 Å². The number of phenols is 1. The van der Waals surface area contributed by atoms with E-state index in [4.69, 9.17) is 28.9 Å². The molecule has 1 unspecified atom stereocenters. The fourth-order valence-electron chi connectivity index (χ4n) is 1.24. The van der Waals surface area contributed by atoms with Gasteiger partial charge in [0.2, 0.25) is 0 Å². The Morgan fingerprint density at radius 1 is 1.40 bits per heavy atom. The van der Waals surface area contributed by atoms with E-state index in [2.05, 4.69) is 15.9 Å². The van der Waals surface area contributed by atoms with Crippen molar-refractivity contribution in [1.29, 1.82) is 0 Å². The lowest BCUT2D eigenvalue weighted by Crippen LogP contribution is -2.17. The van der Waals surface area contributed by atoms with Gasteiger partial charge in [-0.25, -0.2) is 0 Å². The number of benzene rings is 1. The summed E-state index contributed by atoms with van der Waals surface area (Å²) in [6.07, 6.45) is 0. The van der Waals surface area contributed by atoms with Gasteiger partial charge in [-0.2, -0.15) is 0 Å². The molecule has 0 aromatic heterocycles. The van der Waals surface area contributed by atoms with Crippen LogP contribution >= 0.6 is 39.1 Å². The molecule has 0 aliphatic heterocycles. The monoisotopic (exact) mass is 311 g/mol. The van der Waals surface area contributed by atoms with E-state index in [1.165, 1.54) is 0 Å². The zero-order chi connectivity index (χ0) is 11.7. The lowest BCUT2D eigenvalue weighted by molar-refractivity contribution is 0.440. The molecule has 0 saturated heterocycles. The smallest absolute Gasteiger partial charge is 0.140 e. The third-order valence-electron chi connectivity index (χ3n) is 2.23. The number of nitrogens with two attached hydrogens (primary N) is 1. The van der Waals surface area contributed by atoms with Gasteiger partial charge in [-0.15, -0.1) is 0 Å². The van der Waals surface area contributed by atoms with Crippen LogP contribution in [0.2, 0.25) is 10.0 Å². The zero-order valence-corrected chi connectivity index (χ0v) is 11.5. The third-order valence-corrected chi connectivity index (χ3v) is 3.78. The minimum atomic E-state index is -0.340. The van der Waals surface area contributed by atoms with Crippen molar-refractivity contribution >= 4 is 39.1 Å². The molecule has 1 aromatic carbocycles. The molecule has 0 saturated carbocycles. The van der Waals surface area contributed by atoms with Gasteiger partial charge >= 0.3 is 0 Å². The van der Waals surface area contributed by atoms with Crippen LogP contribution in [0.4, 0.5) is 0 Å². The fraction of sp³-hybridized carbons (Fsp3) is 0.400. The van der Waals surface area contributed by atoms with Gasteiger partial charge in [0, 0.05) is 16.1 Å². The maximum absolute atomic E-state index is 9.80. The molecule has 0 amide bonds. The van der Waals surface area contributed by atoms with Crippen LogP contribution < -0.4 is 5.73 Å². The molecule has 15 heavy (non-hydrogen) atoms. The van der Waals surface area contributed by atoms with Crippen molar-refractivity contribution in [1.82, 2.24) is 0 Å². The molecule has 5 heteroatoms. The van der Waals surface area contributed by atoms with Gasteiger partial charge in [0.05, 0.1) is 10.0 Å². The Labute approximate surface area is 107 Å². The zero-order valence-electron chi connectivity index (χ0n) is 8.39. The van der Waals surface area contributed by atoms with Crippen molar-refractivity contribution in [3.63, 3.8) is 0 Å². The highest BCUT2D eigenvalue weighted by Crippen LogP contribution is 2.42. The van der Waals surface area contributed by atoms with E-state index in [1.54, 1.807) is 6.07 Å². The van der Waals surface area contributed by atoms with E-state index in [0.29, 0.717) is 15.1 Å². The summed E-state index contributed by atoms with van der Waals surface area (Å²) in [5.74, 6) is 0.129. The summed E-state index contributed by atoms with van der Waals surface area (Å²) in [6.45, 7) is 3.91. The van der Waals surface area contributed by atoms with Gasteiger partial charge in [0.1, 0.15) is 5.75 Å². The maximum Gasteiger partial charge on any atom is 0.140 e. The van der Waals surface area contributed by atoms with Crippen LogP contribution in [-0.2, 0) is 0 Å². The molecule has 0 aliphatic rings. The van der Waals surface area contributed by atoms with Crippen molar-refractivity contribution in [2.45, 2.75) is 19.9 Å². The average molecular weight is 313 g/mol. The molecule has 1 atom stereocenters. The van der Waals surface area contributed by atoms with Gasteiger partial charge in [-0.1, -0.05) is 37.0 Å². The van der Waals surface area contributed by atoms with E-state index >= 15 is 0 Å². The van der Waals surface area contributed by atoms with E-state index < -0.39 is 0 Å². The summed E-state index contributed by atoms with van der Waals surface area (Å²) in [5, 5.41) is 10.5. The van der Waals surface area contributed by atoms with Crippen LogP contribution in [0.3, 0.4) is 0 Å². The summed E-state index contributed by atoms with van der Waals surface area (Å²) in [7, 11) is 0. The maximum atomic E-state index is 9.80. The minimum Gasteiger partial charge on any atom is -0.506 e. The minimum absolute atomic E-state index is 0.0360. The molecule has 0 fully saturated rings. The first-order valence-corrected chi connectivity index (χ1v) is 6.03.